The van der Waals surface area contributed by atoms with E-state index < -0.39 is 11.2 Å². The van der Waals surface area contributed by atoms with Gasteiger partial charge >= 0.3 is 0 Å². The van der Waals surface area contributed by atoms with Crippen molar-refractivity contribution in [2.24, 2.45) is 0 Å². The van der Waals surface area contributed by atoms with Gasteiger partial charge in [0.15, 0.2) is 11.5 Å². The second kappa shape index (κ2) is 3.95. The van der Waals surface area contributed by atoms with Crippen molar-refractivity contribution in [1.29, 1.82) is 0 Å². The first kappa shape index (κ1) is 13.9. The Kier molecular flexibility index (Phi) is 2.29. The highest BCUT2D eigenvalue weighted by molar-refractivity contribution is 5.76. The lowest BCUT2D eigenvalue weighted by Gasteiger charge is -2.20. The second-order valence-corrected chi connectivity index (χ2v) is 7.18. The van der Waals surface area contributed by atoms with E-state index in [2.05, 4.69) is 4.98 Å². The van der Waals surface area contributed by atoms with Crippen molar-refractivity contribution in [3.63, 3.8) is 0 Å². The van der Waals surface area contributed by atoms with E-state index in [-0.39, 0.29) is 11.8 Å². The molecule has 1 aromatic carbocycles. The Morgan fingerprint density at radius 1 is 1.08 bits per heavy atom. The lowest BCUT2D eigenvalue weighted by atomic mass is 9.80. The van der Waals surface area contributed by atoms with E-state index in [1.807, 2.05) is 26.0 Å². The van der Waals surface area contributed by atoms with Crippen LogP contribution in [0.25, 0.3) is 16.8 Å². The summed E-state index contributed by atoms with van der Waals surface area (Å²) in [6.07, 6.45) is 1.65. The zero-order chi connectivity index (χ0) is 16.9. The quantitative estimate of drug-likeness (QED) is 0.714. The van der Waals surface area contributed by atoms with Gasteiger partial charge in [-0.05, 0) is 38.8 Å². The molecule has 6 heteroatoms. The summed E-state index contributed by atoms with van der Waals surface area (Å²) in [6.45, 7) is 5.72. The minimum atomic E-state index is -0.552. The van der Waals surface area contributed by atoms with Crippen LogP contribution in [0.4, 0.5) is 0 Å². The minimum absolute atomic E-state index is 0.0315. The van der Waals surface area contributed by atoms with Gasteiger partial charge in [0.2, 0.25) is 11.8 Å². The zero-order valence-electron chi connectivity index (χ0n) is 13.8. The first-order chi connectivity index (χ1) is 11.3. The molecule has 0 radical (unpaired) electrons. The van der Waals surface area contributed by atoms with Crippen molar-refractivity contribution < 1.29 is 19.4 Å². The number of ether oxygens (including phenoxy) is 1. The molecule has 0 saturated carbocycles. The van der Waals surface area contributed by atoms with Crippen LogP contribution in [0.5, 0.6) is 11.8 Å². The minimum Gasteiger partial charge on any atom is -0.494 e. The first-order valence-corrected chi connectivity index (χ1v) is 8.08. The number of hydrogen-bond acceptors (Lipinski definition) is 5. The van der Waals surface area contributed by atoms with Gasteiger partial charge in [0.1, 0.15) is 5.52 Å². The molecule has 0 spiro atoms. The number of oxazole rings is 1. The lowest BCUT2D eigenvalue weighted by Crippen LogP contribution is -2.17. The van der Waals surface area contributed by atoms with Crippen molar-refractivity contribution in [2.45, 2.75) is 44.8 Å². The normalized spacial score (nSPS) is 28.0. The third-order valence-electron chi connectivity index (χ3n) is 5.45. The molecule has 2 aliphatic rings. The number of aromatic hydroxyl groups is 2. The summed E-state index contributed by atoms with van der Waals surface area (Å²) in [5, 5.41) is 21.7. The van der Waals surface area contributed by atoms with E-state index in [9.17, 15) is 10.2 Å². The number of fused-ring (bicyclic) bond motifs is 6. The Bertz CT molecular complexity index is 978. The number of benzene rings is 1. The number of hydrogen-bond donors (Lipinski definition) is 2. The van der Waals surface area contributed by atoms with Gasteiger partial charge in [-0.3, -0.25) is 4.57 Å². The molecule has 0 unspecified atom stereocenters. The number of rotatable bonds is 1. The van der Waals surface area contributed by atoms with Gasteiger partial charge in [-0.1, -0.05) is 0 Å². The van der Waals surface area contributed by atoms with Crippen LogP contribution in [0, 0.1) is 6.92 Å². The van der Waals surface area contributed by atoms with Gasteiger partial charge in [0, 0.05) is 13.0 Å². The van der Waals surface area contributed by atoms with Gasteiger partial charge in [-0.15, -0.1) is 0 Å². The number of aryl methyl sites for hydroxylation is 1. The maximum atomic E-state index is 10.8. The van der Waals surface area contributed by atoms with Crippen molar-refractivity contribution in [2.75, 3.05) is 0 Å². The van der Waals surface area contributed by atoms with Crippen LogP contribution in [-0.2, 0) is 15.9 Å². The Hall–Kier alpha value is -2.47. The molecule has 124 valence electrons. The summed E-state index contributed by atoms with van der Waals surface area (Å²) in [5.74, 6) is 0.644. The van der Waals surface area contributed by atoms with Crippen LogP contribution in [0.3, 0.4) is 0 Å². The molecule has 0 amide bonds. The van der Waals surface area contributed by atoms with Gasteiger partial charge in [0.25, 0.3) is 0 Å². The Labute approximate surface area is 138 Å². The maximum Gasteiger partial charge on any atom is 0.205 e. The average molecular weight is 326 g/mol. The molecule has 1 saturated heterocycles. The summed E-state index contributed by atoms with van der Waals surface area (Å²) in [7, 11) is 0. The van der Waals surface area contributed by atoms with E-state index in [0.29, 0.717) is 28.3 Å². The summed E-state index contributed by atoms with van der Waals surface area (Å²) in [6, 6.07) is 5.41. The Balaban J connectivity index is 1.78. The summed E-state index contributed by atoms with van der Waals surface area (Å²) < 4.78 is 13.2. The molecule has 3 aromatic rings. The van der Waals surface area contributed by atoms with E-state index in [1.165, 1.54) is 4.57 Å². The molecular formula is C18H18N2O4. The molecule has 2 N–H and O–H groups in total. The van der Waals surface area contributed by atoms with Crippen LogP contribution < -0.4 is 0 Å². The van der Waals surface area contributed by atoms with Crippen LogP contribution in [0.15, 0.2) is 22.6 Å². The third-order valence-corrected chi connectivity index (χ3v) is 5.45. The van der Waals surface area contributed by atoms with Gasteiger partial charge in [-0.25, -0.2) is 4.98 Å². The monoisotopic (exact) mass is 326 g/mol. The van der Waals surface area contributed by atoms with Crippen molar-refractivity contribution in [3.05, 3.63) is 35.2 Å². The van der Waals surface area contributed by atoms with Crippen LogP contribution >= 0.6 is 0 Å². The third kappa shape index (κ3) is 1.47. The molecule has 4 heterocycles. The molecule has 2 atom stereocenters. The molecule has 1 fully saturated rings. The molecule has 2 aromatic heterocycles. The molecule has 6 nitrogen and oxygen atoms in total. The second-order valence-electron chi connectivity index (χ2n) is 7.18. The highest BCUT2D eigenvalue weighted by Gasteiger charge is 2.59. The van der Waals surface area contributed by atoms with E-state index >= 15 is 0 Å². The van der Waals surface area contributed by atoms with E-state index in [4.69, 9.17) is 9.15 Å². The zero-order valence-corrected chi connectivity index (χ0v) is 13.8. The number of nitrogens with zero attached hydrogens (tertiary/aromatic N) is 2. The molecule has 2 bridgehead atoms. The van der Waals surface area contributed by atoms with Gasteiger partial charge in [0.05, 0.1) is 28.0 Å². The lowest BCUT2D eigenvalue weighted by molar-refractivity contribution is -0.0683. The van der Waals surface area contributed by atoms with Gasteiger partial charge < -0.3 is 19.4 Å². The fourth-order valence-corrected chi connectivity index (χ4v) is 4.39. The Morgan fingerprint density at radius 3 is 2.33 bits per heavy atom. The SMILES string of the molecule is Cc1nc2ccc(-n3c(O)c4c(c3O)[C@]3(C)CC[C@@]4(C)O3)cc2o1. The van der Waals surface area contributed by atoms with Crippen LogP contribution in [0.1, 0.15) is 43.7 Å². The largest absolute Gasteiger partial charge is 0.494 e. The van der Waals surface area contributed by atoms with Crippen molar-refractivity contribution >= 4 is 11.1 Å². The average Bonchev–Trinajstić information content (AvgIpc) is 3.17. The predicted octanol–water partition coefficient (Wildman–Crippen LogP) is 3.59. The molecule has 2 aliphatic heterocycles. The predicted molar refractivity (Wildman–Crippen MR) is 86.4 cm³/mol. The van der Waals surface area contributed by atoms with Crippen molar-refractivity contribution in [3.8, 4) is 17.4 Å². The molecule has 5 rings (SSSR count). The number of aromatic nitrogens is 2. The maximum absolute atomic E-state index is 10.8. The fourth-order valence-electron chi connectivity index (χ4n) is 4.39. The fraction of sp³-hybridized carbons (Fsp3) is 0.389. The molecule has 0 aliphatic carbocycles. The molecular weight excluding hydrogens is 308 g/mol. The smallest absolute Gasteiger partial charge is 0.205 e. The highest BCUT2D eigenvalue weighted by atomic mass is 16.5. The Morgan fingerprint density at radius 2 is 1.71 bits per heavy atom. The molecule has 24 heavy (non-hydrogen) atoms. The summed E-state index contributed by atoms with van der Waals surface area (Å²) >= 11 is 0. The standard InChI is InChI=1S/C18H18N2O4/c1-9-19-11-5-4-10(8-12(11)23-9)20-15(21)13-14(16(20)22)18(3)7-6-17(13,2)24-18/h4-5,8,21-22H,6-7H2,1-3H3/t17-,18+. The van der Waals surface area contributed by atoms with Crippen LogP contribution in [-0.4, -0.2) is 19.8 Å². The van der Waals surface area contributed by atoms with Crippen LogP contribution in [0.2, 0.25) is 0 Å². The van der Waals surface area contributed by atoms with Gasteiger partial charge in [-0.2, -0.15) is 0 Å². The van der Waals surface area contributed by atoms with E-state index in [1.54, 1.807) is 13.0 Å². The summed E-state index contributed by atoms with van der Waals surface area (Å²) in [4.78, 5) is 4.28. The first-order valence-electron chi connectivity index (χ1n) is 8.08. The van der Waals surface area contributed by atoms with Crippen molar-refractivity contribution in [1.82, 2.24) is 9.55 Å². The highest BCUT2D eigenvalue weighted by Crippen LogP contribution is 2.64. The van der Waals surface area contributed by atoms with E-state index in [0.717, 1.165) is 18.4 Å². The summed E-state index contributed by atoms with van der Waals surface area (Å²) in [5.41, 5.74) is 2.29. The topological polar surface area (TPSA) is 80.7 Å².